The molecule has 0 bridgehead atoms. The fourth-order valence-electron chi connectivity index (χ4n) is 2.31. The number of carbonyl (C=O) groups excluding carboxylic acids is 1. The van der Waals surface area contributed by atoms with E-state index in [1.807, 2.05) is 40.7 Å². The van der Waals surface area contributed by atoms with Crippen molar-refractivity contribution in [3.05, 3.63) is 34.0 Å². The molecule has 0 spiro atoms. The standard InChI is InChI=1S/C17H24BClN2O3/c1-11-7-15(19)21-9-13(11)8-14(10-20-12(2)22)18-23-16(3,4)17(5,6)24-18/h7-9H,10H2,1-6H3,(H,20,22). The van der Waals surface area contributed by atoms with E-state index in [9.17, 15) is 4.79 Å². The van der Waals surface area contributed by atoms with Crippen LogP contribution in [0, 0.1) is 6.92 Å². The number of carbonyl (C=O) groups is 1. The predicted octanol–water partition coefficient (Wildman–Crippen LogP) is 3.19. The van der Waals surface area contributed by atoms with E-state index in [0.717, 1.165) is 16.6 Å². The Hall–Kier alpha value is -1.37. The number of hydrogen-bond donors (Lipinski definition) is 1. The number of nitrogens with zero attached hydrogens (tertiary/aromatic N) is 1. The smallest absolute Gasteiger partial charge is 0.400 e. The predicted molar refractivity (Wildman–Crippen MR) is 96.7 cm³/mol. The summed E-state index contributed by atoms with van der Waals surface area (Å²) < 4.78 is 12.2. The van der Waals surface area contributed by atoms with Crippen LogP contribution < -0.4 is 5.32 Å². The third-order valence-electron chi connectivity index (χ3n) is 4.56. The van der Waals surface area contributed by atoms with Gasteiger partial charge in [0.1, 0.15) is 5.15 Å². The Kier molecular flexibility index (Phi) is 5.42. The van der Waals surface area contributed by atoms with Crippen LogP contribution in [0.15, 0.2) is 17.7 Å². The van der Waals surface area contributed by atoms with E-state index in [4.69, 9.17) is 20.9 Å². The Morgan fingerprint density at radius 1 is 1.33 bits per heavy atom. The van der Waals surface area contributed by atoms with Gasteiger partial charge in [0.05, 0.1) is 11.2 Å². The highest BCUT2D eigenvalue weighted by molar-refractivity contribution is 6.56. The maximum absolute atomic E-state index is 11.3. The van der Waals surface area contributed by atoms with Gasteiger partial charge in [-0.15, -0.1) is 0 Å². The second kappa shape index (κ2) is 6.86. The molecule has 24 heavy (non-hydrogen) atoms. The van der Waals surface area contributed by atoms with E-state index >= 15 is 0 Å². The summed E-state index contributed by atoms with van der Waals surface area (Å²) in [5, 5.41) is 3.26. The van der Waals surface area contributed by atoms with Crippen molar-refractivity contribution in [1.29, 1.82) is 0 Å². The molecule has 0 saturated carbocycles. The first-order chi connectivity index (χ1) is 11.0. The SMILES string of the molecule is CC(=O)NCC(=Cc1cnc(Cl)cc1C)B1OC(C)(C)C(C)(C)O1. The van der Waals surface area contributed by atoms with Crippen molar-refractivity contribution in [3.63, 3.8) is 0 Å². The summed E-state index contributed by atoms with van der Waals surface area (Å²) >= 11 is 5.92. The van der Waals surface area contributed by atoms with Crippen LogP contribution in [0.3, 0.4) is 0 Å². The van der Waals surface area contributed by atoms with Gasteiger partial charge in [-0.3, -0.25) is 4.79 Å². The molecule has 0 unspecified atom stereocenters. The summed E-state index contributed by atoms with van der Waals surface area (Å²) in [6, 6.07) is 1.80. The van der Waals surface area contributed by atoms with Crippen LogP contribution >= 0.6 is 11.6 Å². The largest absolute Gasteiger partial charge is 0.492 e. The number of amides is 1. The second-order valence-corrected chi connectivity index (χ2v) is 7.47. The number of nitrogens with one attached hydrogen (secondary N) is 1. The number of halogens is 1. The molecule has 1 aromatic rings. The molecule has 7 heteroatoms. The minimum atomic E-state index is -0.531. The Balaban J connectivity index is 2.35. The van der Waals surface area contributed by atoms with Crippen molar-refractivity contribution >= 4 is 30.7 Å². The van der Waals surface area contributed by atoms with E-state index in [0.29, 0.717) is 11.7 Å². The zero-order valence-electron chi connectivity index (χ0n) is 15.1. The van der Waals surface area contributed by atoms with Crippen molar-refractivity contribution in [2.75, 3.05) is 6.54 Å². The van der Waals surface area contributed by atoms with Gasteiger partial charge in [-0.25, -0.2) is 4.98 Å². The summed E-state index contributed by atoms with van der Waals surface area (Å²) in [6.45, 7) is 11.8. The highest BCUT2D eigenvalue weighted by Crippen LogP contribution is 2.38. The number of hydrogen-bond acceptors (Lipinski definition) is 4. The highest BCUT2D eigenvalue weighted by atomic mass is 35.5. The highest BCUT2D eigenvalue weighted by Gasteiger charge is 2.52. The average molecular weight is 351 g/mol. The van der Waals surface area contributed by atoms with Gasteiger partial charge in [0.2, 0.25) is 5.91 Å². The van der Waals surface area contributed by atoms with Gasteiger partial charge in [0.25, 0.3) is 0 Å². The summed E-state index contributed by atoms with van der Waals surface area (Å²) in [5.74, 6) is -0.108. The second-order valence-electron chi connectivity index (χ2n) is 7.08. The van der Waals surface area contributed by atoms with Crippen LogP contribution in [0.2, 0.25) is 5.15 Å². The Morgan fingerprint density at radius 2 is 1.92 bits per heavy atom. The van der Waals surface area contributed by atoms with Gasteiger partial charge in [-0.05, 0) is 57.3 Å². The molecule has 1 aliphatic rings. The number of pyridine rings is 1. The van der Waals surface area contributed by atoms with Crippen LogP contribution in [0.25, 0.3) is 6.08 Å². The lowest BCUT2D eigenvalue weighted by atomic mass is 9.76. The molecule has 5 nitrogen and oxygen atoms in total. The molecule has 130 valence electrons. The molecule has 1 N–H and O–H groups in total. The summed E-state index contributed by atoms with van der Waals surface area (Å²) in [5.41, 5.74) is 1.85. The number of aromatic nitrogens is 1. The first-order valence-corrected chi connectivity index (χ1v) is 8.32. The summed E-state index contributed by atoms with van der Waals surface area (Å²) in [6.07, 6.45) is 3.65. The van der Waals surface area contributed by atoms with E-state index in [1.165, 1.54) is 6.92 Å². The Morgan fingerprint density at radius 3 is 2.42 bits per heavy atom. The maximum atomic E-state index is 11.3. The van der Waals surface area contributed by atoms with Gasteiger partial charge in [-0.1, -0.05) is 17.7 Å². The van der Waals surface area contributed by atoms with Crippen molar-refractivity contribution in [1.82, 2.24) is 10.3 Å². The zero-order valence-corrected chi connectivity index (χ0v) is 15.8. The fraction of sp³-hybridized carbons (Fsp3) is 0.529. The molecular weight excluding hydrogens is 326 g/mol. The van der Waals surface area contributed by atoms with Crippen LogP contribution in [-0.2, 0) is 14.1 Å². The lowest BCUT2D eigenvalue weighted by Gasteiger charge is -2.32. The van der Waals surface area contributed by atoms with Crippen LogP contribution in [-0.4, -0.2) is 35.8 Å². The van der Waals surface area contributed by atoms with Crippen molar-refractivity contribution in [3.8, 4) is 0 Å². The molecule has 1 amide bonds. The van der Waals surface area contributed by atoms with E-state index in [-0.39, 0.29) is 5.91 Å². The van der Waals surface area contributed by atoms with E-state index in [2.05, 4.69) is 10.3 Å². The lowest BCUT2D eigenvalue weighted by Crippen LogP contribution is -2.41. The first kappa shape index (κ1) is 19.0. The number of aryl methyl sites for hydroxylation is 1. The van der Waals surface area contributed by atoms with Crippen LogP contribution in [0.5, 0.6) is 0 Å². The minimum absolute atomic E-state index is 0.108. The van der Waals surface area contributed by atoms with Crippen molar-refractivity contribution < 1.29 is 14.1 Å². The third-order valence-corrected chi connectivity index (χ3v) is 4.76. The molecule has 0 atom stereocenters. The fourth-order valence-corrected chi connectivity index (χ4v) is 2.52. The van der Waals surface area contributed by atoms with Gasteiger partial charge in [0.15, 0.2) is 0 Å². The van der Waals surface area contributed by atoms with Crippen LogP contribution in [0.4, 0.5) is 0 Å². The number of rotatable bonds is 4. The van der Waals surface area contributed by atoms with Gasteiger partial charge in [0, 0.05) is 19.7 Å². The first-order valence-electron chi connectivity index (χ1n) is 7.94. The molecule has 1 saturated heterocycles. The topological polar surface area (TPSA) is 60.5 Å². The quantitative estimate of drug-likeness (QED) is 0.669. The molecule has 0 aliphatic carbocycles. The Bertz CT molecular complexity index is 658. The molecule has 0 aromatic carbocycles. The Labute approximate surface area is 148 Å². The normalized spacial score (nSPS) is 19.5. The van der Waals surface area contributed by atoms with Crippen molar-refractivity contribution in [2.45, 2.75) is 52.7 Å². The third kappa shape index (κ3) is 4.18. The average Bonchev–Trinajstić information content (AvgIpc) is 2.65. The van der Waals surface area contributed by atoms with Crippen molar-refractivity contribution in [2.24, 2.45) is 0 Å². The maximum Gasteiger partial charge on any atom is 0.492 e. The van der Waals surface area contributed by atoms with E-state index < -0.39 is 18.3 Å². The molecule has 1 aromatic heterocycles. The van der Waals surface area contributed by atoms with Crippen LogP contribution in [0.1, 0.15) is 45.7 Å². The van der Waals surface area contributed by atoms with Gasteiger partial charge >= 0.3 is 7.12 Å². The monoisotopic (exact) mass is 350 g/mol. The molecule has 2 rings (SSSR count). The molecule has 2 heterocycles. The summed E-state index contributed by atoms with van der Waals surface area (Å²) in [4.78, 5) is 15.5. The lowest BCUT2D eigenvalue weighted by molar-refractivity contribution is -0.118. The minimum Gasteiger partial charge on any atom is -0.400 e. The zero-order chi connectivity index (χ0) is 18.1. The molecule has 1 fully saturated rings. The summed E-state index contributed by atoms with van der Waals surface area (Å²) in [7, 11) is -0.531. The molecular formula is C17H24BClN2O3. The van der Waals surface area contributed by atoms with E-state index in [1.54, 1.807) is 12.3 Å². The van der Waals surface area contributed by atoms with Gasteiger partial charge in [-0.2, -0.15) is 0 Å². The van der Waals surface area contributed by atoms with Gasteiger partial charge < -0.3 is 14.6 Å². The molecule has 0 radical (unpaired) electrons. The molecule has 1 aliphatic heterocycles.